The number of aromatic nitrogens is 3. The molecule has 3 aliphatic carbocycles. The van der Waals surface area contributed by atoms with Crippen molar-refractivity contribution in [1.82, 2.24) is 20.1 Å². The van der Waals surface area contributed by atoms with Crippen molar-refractivity contribution in [2.24, 2.45) is 10.9 Å². The van der Waals surface area contributed by atoms with Gasteiger partial charge in [0.2, 0.25) is 5.91 Å². The number of thiophene rings is 1. The standard InChI is InChI=1S/C30H26ClN5OS/c1-16-34-35-29-30(12-13-30)33-26(20-8-4-5-9-22(20)31)25-21-14-18(15-24(21)38-28(25)36(16)29)27(37)32-23-11-10-17-6-2-3-7-19(17)23/h2-9,18,23H,10-15H2,1H3,(H,32,37)/t18-,23-/m0/s1. The largest absolute Gasteiger partial charge is 0.349 e. The molecule has 8 heteroatoms. The third kappa shape index (κ3) is 3.24. The second-order valence-corrected chi connectivity index (χ2v) is 12.5. The van der Waals surface area contributed by atoms with Crippen LogP contribution in [0, 0.1) is 12.8 Å². The number of rotatable bonds is 3. The Labute approximate surface area is 229 Å². The van der Waals surface area contributed by atoms with E-state index in [4.69, 9.17) is 16.6 Å². The summed E-state index contributed by atoms with van der Waals surface area (Å²) in [4.78, 5) is 20.2. The zero-order valence-electron chi connectivity index (χ0n) is 21.0. The molecule has 4 aliphatic rings. The fourth-order valence-electron chi connectivity index (χ4n) is 6.53. The molecule has 4 aromatic rings. The van der Waals surface area contributed by atoms with Crippen molar-refractivity contribution in [1.29, 1.82) is 0 Å². The molecule has 8 rings (SSSR count). The normalized spacial score (nSPS) is 21.8. The van der Waals surface area contributed by atoms with Crippen LogP contribution in [0.5, 0.6) is 0 Å². The number of carbonyl (C=O) groups is 1. The number of halogens is 1. The summed E-state index contributed by atoms with van der Waals surface area (Å²) < 4.78 is 2.21. The van der Waals surface area contributed by atoms with E-state index in [1.165, 1.54) is 21.6 Å². The number of fused-ring (bicyclic) bond motifs is 7. The highest BCUT2D eigenvalue weighted by Gasteiger charge is 2.52. The Hall–Kier alpha value is -3.29. The summed E-state index contributed by atoms with van der Waals surface area (Å²) in [5.74, 6) is 1.86. The van der Waals surface area contributed by atoms with Gasteiger partial charge in [0.25, 0.3) is 0 Å². The molecule has 0 radical (unpaired) electrons. The number of amides is 1. The molecule has 1 aliphatic heterocycles. The van der Waals surface area contributed by atoms with Crippen LogP contribution >= 0.6 is 22.9 Å². The number of nitrogens with one attached hydrogen (secondary N) is 1. The number of hydrogen-bond acceptors (Lipinski definition) is 5. The van der Waals surface area contributed by atoms with Gasteiger partial charge in [-0.2, -0.15) is 0 Å². The topological polar surface area (TPSA) is 72.2 Å². The Balaban J connectivity index is 1.20. The molecule has 2 atom stereocenters. The first-order valence-corrected chi connectivity index (χ1v) is 14.5. The summed E-state index contributed by atoms with van der Waals surface area (Å²) in [6.45, 7) is 2.01. The Morgan fingerprint density at radius 1 is 1.11 bits per heavy atom. The monoisotopic (exact) mass is 539 g/mol. The molecule has 0 bridgehead atoms. The van der Waals surface area contributed by atoms with E-state index in [2.05, 4.69) is 50.4 Å². The fourth-order valence-corrected chi connectivity index (χ4v) is 8.22. The summed E-state index contributed by atoms with van der Waals surface area (Å²) in [7, 11) is 0. The molecule has 1 spiro atoms. The first-order chi connectivity index (χ1) is 18.5. The van der Waals surface area contributed by atoms with E-state index in [-0.39, 0.29) is 23.4 Å². The van der Waals surface area contributed by atoms with Gasteiger partial charge in [-0.05, 0) is 68.2 Å². The quantitative estimate of drug-likeness (QED) is 0.366. The molecule has 190 valence electrons. The second kappa shape index (κ2) is 8.10. The van der Waals surface area contributed by atoms with Crippen LogP contribution in [0.1, 0.15) is 69.6 Å². The maximum atomic E-state index is 13.6. The molecule has 2 aromatic heterocycles. The zero-order chi connectivity index (χ0) is 25.6. The number of aliphatic imine (C=N–C) groups is 1. The van der Waals surface area contributed by atoms with Gasteiger partial charge in [-0.3, -0.25) is 14.4 Å². The molecule has 1 amide bonds. The minimum absolute atomic E-state index is 0.0820. The van der Waals surface area contributed by atoms with E-state index in [0.717, 1.165) is 65.6 Å². The van der Waals surface area contributed by atoms with Crippen LogP contribution < -0.4 is 5.32 Å². The predicted octanol–water partition coefficient (Wildman–Crippen LogP) is 5.65. The van der Waals surface area contributed by atoms with Crippen molar-refractivity contribution >= 4 is 34.6 Å². The zero-order valence-corrected chi connectivity index (χ0v) is 22.6. The molecule has 1 fully saturated rings. The third-order valence-corrected chi connectivity index (χ3v) is 10.2. The van der Waals surface area contributed by atoms with E-state index in [0.29, 0.717) is 11.4 Å². The van der Waals surface area contributed by atoms with Crippen molar-refractivity contribution in [3.8, 4) is 5.00 Å². The summed E-state index contributed by atoms with van der Waals surface area (Å²) in [5.41, 5.74) is 6.46. The van der Waals surface area contributed by atoms with Gasteiger partial charge in [0.05, 0.1) is 11.8 Å². The number of carbonyl (C=O) groups excluding carboxylic acids is 1. The first kappa shape index (κ1) is 22.7. The number of nitrogens with zero attached hydrogens (tertiary/aromatic N) is 4. The van der Waals surface area contributed by atoms with Gasteiger partial charge in [0, 0.05) is 26.9 Å². The average Bonchev–Trinajstić information content (AvgIpc) is 3.21. The molecular weight excluding hydrogens is 514 g/mol. The minimum Gasteiger partial charge on any atom is -0.349 e. The van der Waals surface area contributed by atoms with Crippen molar-refractivity contribution in [3.63, 3.8) is 0 Å². The van der Waals surface area contributed by atoms with Crippen LogP contribution in [0.4, 0.5) is 0 Å². The Morgan fingerprint density at radius 3 is 2.76 bits per heavy atom. The van der Waals surface area contributed by atoms with Crippen LogP contribution in [0.15, 0.2) is 53.5 Å². The average molecular weight is 540 g/mol. The number of benzene rings is 2. The van der Waals surface area contributed by atoms with Crippen molar-refractivity contribution in [2.75, 3.05) is 0 Å². The van der Waals surface area contributed by atoms with Gasteiger partial charge in [0.15, 0.2) is 5.82 Å². The van der Waals surface area contributed by atoms with Crippen LogP contribution in [0.25, 0.3) is 5.00 Å². The van der Waals surface area contributed by atoms with E-state index in [9.17, 15) is 4.79 Å². The minimum atomic E-state index is -0.355. The summed E-state index contributed by atoms with van der Waals surface area (Å²) in [6, 6.07) is 16.5. The van der Waals surface area contributed by atoms with Crippen molar-refractivity contribution in [2.45, 2.75) is 57.0 Å². The molecule has 0 saturated heterocycles. The maximum Gasteiger partial charge on any atom is 0.224 e. The van der Waals surface area contributed by atoms with Gasteiger partial charge in [-0.15, -0.1) is 21.5 Å². The van der Waals surface area contributed by atoms with E-state index < -0.39 is 0 Å². The number of aryl methyl sites for hydroxylation is 2. The second-order valence-electron chi connectivity index (χ2n) is 11.0. The maximum absolute atomic E-state index is 13.6. The van der Waals surface area contributed by atoms with Crippen LogP contribution in [0.2, 0.25) is 5.02 Å². The summed E-state index contributed by atoms with van der Waals surface area (Å²) in [5, 5.41) is 14.2. The molecule has 38 heavy (non-hydrogen) atoms. The molecular formula is C30H26ClN5OS. The summed E-state index contributed by atoms with van der Waals surface area (Å²) in [6.07, 6.45) is 5.33. The molecule has 2 aromatic carbocycles. The van der Waals surface area contributed by atoms with Gasteiger partial charge >= 0.3 is 0 Å². The lowest BCUT2D eigenvalue weighted by atomic mass is 9.97. The third-order valence-electron chi connectivity index (χ3n) is 8.63. The lowest BCUT2D eigenvalue weighted by molar-refractivity contribution is -0.125. The Bertz CT molecular complexity index is 1680. The van der Waals surface area contributed by atoms with Gasteiger partial charge in [-0.1, -0.05) is 54.1 Å². The van der Waals surface area contributed by atoms with Crippen molar-refractivity contribution < 1.29 is 4.79 Å². The first-order valence-electron chi connectivity index (χ1n) is 13.3. The number of hydrogen-bond donors (Lipinski definition) is 1. The highest BCUT2D eigenvalue weighted by molar-refractivity contribution is 7.15. The predicted molar refractivity (Wildman–Crippen MR) is 149 cm³/mol. The lowest BCUT2D eigenvalue weighted by Crippen LogP contribution is -2.33. The van der Waals surface area contributed by atoms with Crippen LogP contribution in [-0.2, 0) is 29.6 Å². The smallest absolute Gasteiger partial charge is 0.224 e. The molecule has 0 unspecified atom stereocenters. The highest BCUT2D eigenvalue weighted by atomic mass is 35.5. The Kier molecular flexibility index (Phi) is 4.84. The molecule has 1 saturated carbocycles. The molecule has 6 nitrogen and oxygen atoms in total. The van der Waals surface area contributed by atoms with Gasteiger partial charge in [-0.25, -0.2) is 0 Å². The van der Waals surface area contributed by atoms with E-state index in [1.54, 1.807) is 11.3 Å². The SMILES string of the molecule is Cc1nnc2n1-c1sc3c(c1C(c1ccccc1Cl)=NC21CC1)C[C@H](C(=O)N[C@H]1CCc2ccccc21)C3. The van der Waals surface area contributed by atoms with Gasteiger partial charge in [0.1, 0.15) is 16.4 Å². The van der Waals surface area contributed by atoms with Gasteiger partial charge < -0.3 is 5.32 Å². The highest BCUT2D eigenvalue weighted by Crippen LogP contribution is 2.54. The fraction of sp³-hybridized carbons (Fsp3) is 0.333. The molecule has 1 N–H and O–H groups in total. The summed E-state index contributed by atoms with van der Waals surface area (Å²) >= 11 is 8.53. The van der Waals surface area contributed by atoms with Crippen molar-refractivity contribution in [3.05, 3.63) is 97.9 Å². The van der Waals surface area contributed by atoms with Crippen LogP contribution in [-0.4, -0.2) is 26.4 Å². The Morgan fingerprint density at radius 2 is 1.92 bits per heavy atom. The molecule has 3 heterocycles. The van der Waals surface area contributed by atoms with E-state index in [1.807, 2.05) is 25.1 Å². The lowest BCUT2D eigenvalue weighted by Gasteiger charge is -2.18. The van der Waals surface area contributed by atoms with E-state index >= 15 is 0 Å². The van der Waals surface area contributed by atoms with Crippen LogP contribution in [0.3, 0.4) is 0 Å².